The van der Waals surface area contributed by atoms with Gasteiger partial charge in [-0.05, 0) is 69.0 Å². The van der Waals surface area contributed by atoms with Crippen LogP contribution in [0.3, 0.4) is 0 Å². The Hall–Kier alpha value is -2.15. The van der Waals surface area contributed by atoms with Gasteiger partial charge in [-0.25, -0.2) is 4.39 Å². The average molecular weight is 363 g/mol. The third-order valence-corrected chi connectivity index (χ3v) is 5.76. The Morgan fingerprint density at radius 1 is 1.19 bits per heavy atom. The summed E-state index contributed by atoms with van der Waals surface area (Å²) in [5, 5.41) is 0. The normalized spacial score (nSPS) is 23.0. The van der Waals surface area contributed by atoms with Gasteiger partial charge in [0.2, 0.25) is 5.91 Å². The van der Waals surface area contributed by atoms with Gasteiger partial charge in [-0.3, -0.25) is 14.5 Å². The van der Waals surface area contributed by atoms with Crippen molar-refractivity contribution in [2.24, 2.45) is 11.1 Å². The summed E-state index contributed by atoms with van der Waals surface area (Å²) in [7, 11) is 1.95. The van der Waals surface area contributed by atoms with Gasteiger partial charge in [0, 0.05) is 13.1 Å². The summed E-state index contributed by atoms with van der Waals surface area (Å²) in [6, 6.07) is 5.35. The molecule has 1 atom stereocenters. The number of primary amides is 1. The number of likely N-dealkylation sites (N-methyl/N-ethyl adjacent to an activating group) is 1. The Morgan fingerprint density at radius 3 is 2.46 bits per heavy atom. The molecule has 1 unspecified atom stereocenters. The quantitative estimate of drug-likeness (QED) is 0.877. The molecule has 0 bridgehead atoms. The lowest BCUT2D eigenvalue weighted by Crippen LogP contribution is -2.60. The van der Waals surface area contributed by atoms with Gasteiger partial charge in [0.05, 0.1) is 6.04 Å². The molecule has 0 radical (unpaired) electrons. The highest BCUT2D eigenvalue weighted by atomic mass is 19.1. The van der Waals surface area contributed by atoms with Crippen LogP contribution in [0.15, 0.2) is 24.3 Å². The van der Waals surface area contributed by atoms with Gasteiger partial charge >= 0.3 is 0 Å². The highest BCUT2D eigenvalue weighted by molar-refractivity contribution is 5.81. The Balaban J connectivity index is 1.56. The fourth-order valence-electron chi connectivity index (χ4n) is 4.42. The van der Waals surface area contributed by atoms with Gasteiger partial charge in [0.1, 0.15) is 11.6 Å². The van der Waals surface area contributed by atoms with E-state index in [1.54, 1.807) is 4.90 Å². The van der Waals surface area contributed by atoms with Crippen molar-refractivity contribution in [1.82, 2.24) is 9.80 Å². The summed E-state index contributed by atoms with van der Waals surface area (Å²) in [4.78, 5) is 28.2. The zero-order valence-corrected chi connectivity index (χ0v) is 15.1. The number of carbonyl (C=O) groups is 2. The third-order valence-electron chi connectivity index (χ3n) is 5.76. The van der Waals surface area contributed by atoms with E-state index in [0.717, 1.165) is 32.2 Å². The molecule has 1 aromatic rings. The number of benzene rings is 1. The van der Waals surface area contributed by atoms with Crippen molar-refractivity contribution in [3.8, 4) is 5.75 Å². The monoisotopic (exact) mass is 363 g/mol. The maximum atomic E-state index is 12.9. The number of likely N-dealkylation sites (tertiary alicyclic amines) is 2. The minimum absolute atomic E-state index is 0.0716. The Kier molecular flexibility index (Phi) is 5.46. The zero-order valence-electron chi connectivity index (χ0n) is 15.1. The molecule has 1 spiro atoms. The zero-order chi connectivity index (χ0) is 18.7. The standard InChI is InChI=1S/C19H26FN3O3/c1-22-10-2-7-19(17(22)18(21)25)8-11-23(12-9-19)16(24)13-26-15-5-3-14(20)4-6-15/h3-6,17H,2,7-13H2,1H3,(H2,21,25). The van der Waals surface area contributed by atoms with Gasteiger partial charge in [0.15, 0.2) is 6.61 Å². The van der Waals surface area contributed by atoms with Gasteiger partial charge < -0.3 is 15.4 Å². The molecule has 2 amide bonds. The van der Waals surface area contributed by atoms with E-state index in [-0.39, 0.29) is 35.7 Å². The second-order valence-electron chi connectivity index (χ2n) is 7.37. The fraction of sp³-hybridized carbons (Fsp3) is 0.579. The molecule has 2 fully saturated rings. The summed E-state index contributed by atoms with van der Waals surface area (Å²) in [5.74, 6) is -0.238. The number of hydrogen-bond donors (Lipinski definition) is 1. The van der Waals surface area contributed by atoms with Crippen molar-refractivity contribution in [3.63, 3.8) is 0 Å². The van der Waals surface area contributed by atoms with Crippen LogP contribution in [0.2, 0.25) is 0 Å². The average Bonchev–Trinajstić information content (AvgIpc) is 2.61. The van der Waals surface area contributed by atoms with E-state index in [0.29, 0.717) is 18.8 Å². The van der Waals surface area contributed by atoms with E-state index < -0.39 is 0 Å². The first-order valence-electron chi connectivity index (χ1n) is 9.07. The highest BCUT2D eigenvalue weighted by Gasteiger charge is 2.48. The number of nitrogens with zero attached hydrogens (tertiary/aromatic N) is 2. The van der Waals surface area contributed by atoms with Crippen molar-refractivity contribution in [2.75, 3.05) is 33.3 Å². The van der Waals surface area contributed by atoms with Crippen molar-refractivity contribution < 1.29 is 18.7 Å². The molecule has 142 valence electrons. The van der Waals surface area contributed by atoms with Gasteiger partial charge in [-0.2, -0.15) is 0 Å². The summed E-state index contributed by atoms with van der Waals surface area (Å²) in [6.07, 6.45) is 3.56. The molecule has 26 heavy (non-hydrogen) atoms. The molecule has 2 saturated heterocycles. The van der Waals surface area contributed by atoms with Crippen LogP contribution in [-0.2, 0) is 9.59 Å². The summed E-state index contributed by atoms with van der Waals surface area (Å²) in [6.45, 7) is 2.01. The molecule has 0 saturated carbocycles. The maximum Gasteiger partial charge on any atom is 0.260 e. The third kappa shape index (κ3) is 3.82. The molecular formula is C19H26FN3O3. The maximum absolute atomic E-state index is 12.9. The van der Waals surface area contributed by atoms with Crippen LogP contribution >= 0.6 is 0 Å². The molecule has 2 aliphatic heterocycles. The molecule has 0 aromatic heterocycles. The highest BCUT2D eigenvalue weighted by Crippen LogP contribution is 2.44. The van der Waals surface area contributed by atoms with E-state index in [1.165, 1.54) is 24.3 Å². The molecule has 2 aliphatic rings. The van der Waals surface area contributed by atoms with Crippen molar-refractivity contribution in [2.45, 2.75) is 31.7 Å². The summed E-state index contributed by atoms with van der Waals surface area (Å²) in [5.41, 5.74) is 5.54. The Morgan fingerprint density at radius 2 is 1.85 bits per heavy atom. The largest absolute Gasteiger partial charge is 0.484 e. The lowest BCUT2D eigenvalue weighted by atomic mass is 9.66. The first kappa shape index (κ1) is 18.6. The molecule has 6 nitrogen and oxygen atoms in total. The van der Waals surface area contributed by atoms with Crippen LogP contribution in [0.1, 0.15) is 25.7 Å². The Labute approximate surface area is 153 Å². The molecular weight excluding hydrogens is 337 g/mol. The van der Waals surface area contributed by atoms with E-state index >= 15 is 0 Å². The van der Waals surface area contributed by atoms with E-state index in [1.807, 2.05) is 7.05 Å². The second-order valence-corrected chi connectivity index (χ2v) is 7.37. The number of nitrogens with two attached hydrogens (primary N) is 1. The summed E-state index contributed by atoms with van der Waals surface area (Å²) >= 11 is 0. The molecule has 0 aliphatic carbocycles. The van der Waals surface area contributed by atoms with Crippen LogP contribution in [0.25, 0.3) is 0 Å². The Bertz CT molecular complexity index is 656. The summed E-state index contributed by atoms with van der Waals surface area (Å²) < 4.78 is 18.3. The minimum Gasteiger partial charge on any atom is -0.484 e. The number of rotatable bonds is 4. The van der Waals surface area contributed by atoms with Crippen molar-refractivity contribution in [1.29, 1.82) is 0 Å². The molecule has 7 heteroatoms. The molecule has 3 rings (SSSR count). The number of ether oxygens (including phenoxy) is 1. The lowest BCUT2D eigenvalue weighted by Gasteiger charge is -2.51. The number of halogens is 1. The van der Waals surface area contributed by atoms with E-state index in [9.17, 15) is 14.0 Å². The molecule has 1 aromatic carbocycles. The first-order valence-corrected chi connectivity index (χ1v) is 9.07. The number of carbonyl (C=O) groups excluding carboxylic acids is 2. The predicted octanol–water partition coefficient (Wildman–Crippen LogP) is 1.39. The van der Waals surface area contributed by atoms with Crippen molar-refractivity contribution >= 4 is 11.8 Å². The predicted molar refractivity (Wildman–Crippen MR) is 95.0 cm³/mol. The molecule has 2 N–H and O–H groups in total. The van der Waals surface area contributed by atoms with Gasteiger partial charge in [-0.1, -0.05) is 0 Å². The lowest BCUT2D eigenvalue weighted by molar-refractivity contribution is -0.140. The second kappa shape index (κ2) is 7.61. The minimum atomic E-state index is -0.341. The number of amides is 2. The van der Waals surface area contributed by atoms with E-state index in [2.05, 4.69) is 4.90 Å². The van der Waals surface area contributed by atoms with Crippen LogP contribution in [0.5, 0.6) is 5.75 Å². The number of piperidine rings is 2. The number of hydrogen-bond acceptors (Lipinski definition) is 4. The van der Waals surface area contributed by atoms with Crippen LogP contribution in [0.4, 0.5) is 4.39 Å². The van der Waals surface area contributed by atoms with Gasteiger partial charge in [0.25, 0.3) is 5.91 Å². The topological polar surface area (TPSA) is 75.9 Å². The first-order chi connectivity index (χ1) is 12.4. The smallest absolute Gasteiger partial charge is 0.260 e. The van der Waals surface area contributed by atoms with Crippen LogP contribution in [-0.4, -0.2) is 60.9 Å². The van der Waals surface area contributed by atoms with Crippen molar-refractivity contribution in [3.05, 3.63) is 30.1 Å². The van der Waals surface area contributed by atoms with Gasteiger partial charge in [-0.15, -0.1) is 0 Å². The van der Waals surface area contributed by atoms with Crippen LogP contribution < -0.4 is 10.5 Å². The van der Waals surface area contributed by atoms with E-state index in [4.69, 9.17) is 10.5 Å². The van der Waals surface area contributed by atoms with Crippen LogP contribution in [0, 0.1) is 11.2 Å². The SMILES string of the molecule is CN1CCCC2(CCN(C(=O)COc3ccc(F)cc3)CC2)C1C(N)=O. The fourth-order valence-corrected chi connectivity index (χ4v) is 4.42. The molecule has 2 heterocycles.